The highest BCUT2D eigenvalue weighted by Crippen LogP contribution is 2.33. The van der Waals surface area contributed by atoms with Crippen molar-refractivity contribution in [3.63, 3.8) is 0 Å². The van der Waals surface area contributed by atoms with E-state index in [9.17, 15) is 9.59 Å². The lowest BCUT2D eigenvalue weighted by molar-refractivity contribution is -0.122. The maximum Gasteiger partial charge on any atom is 0.244 e. The summed E-state index contributed by atoms with van der Waals surface area (Å²) >= 11 is 0. The minimum atomic E-state index is -0.216. The van der Waals surface area contributed by atoms with E-state index in [1.165, 1.54) is 6.92 Å². The van der Waals surface area contributed by atoms with Crippen LogP contribution in [-0.4, -0.2) is 51.5 Å². The molecule has 1 atom stereocenters. The number of benzene rings is 1. The summed E-state index contributed by atoms with van der Waals surface area (Å²) in [6.07, 6.45) is 5.31. The van der Waals surface area contributed by atoms with Crippen molar-refractivity contribution in [2.75, 3.05) is 29.9 Å². The number of rotatable bonds is 7. The van der Waals surface area contributed by atoms with Crippen LogP contribution in [0.3, 0.4) is 0 Å². The first-order valence-electron chi connectivity index (χ1n) is 12.4. The average molecular weight is 490 g/mol. The number of piperidine rings is 1. The topological polar surface area (TPSA) is 130 Å². The van der Waals surface area contributed by atoms with E-state index >= 15 is 0 Å². The van der Waals surface area contributed by atoms with E-state index in [2.05, 4.69) is 25.3 Å². The van der Waals surface area contributed by atoms with E-state index in [4.69, 9.17) is 15.2 Å². The van der Waals surface area contributed by atoms with Gasteiger partial charge in [-0.1, -0.05) is 17.3 Å². The predicted molar refractivity (Wildman–Crippen MR) is 135 cm³/mol. The van der Waals surface area contributed by atoms with Crippen LogP contribution in [0.4, 0.5) is 11.5 Å². The summed E-state index contributed by atoms with van der Waals surface area (Å²) in [5.74, 6) is 1.68. The zero-order chi connectivity index (χ0) is 25.1. The number of pyridine rings is 1. The lowest BCUT2D eigenvalue weighted by Crippen LogP contribution is -2.38. The quantitative estimate of drug-likeness (QED) is 0.518. The van der Waals surface area contributed by atoms with Crippen LogP contribution in [0, 0.1) is 5.92 Å². The van der Waals surface area contributed by atoms with Crippen LogP contribution in [0.2, 0.25) is 0 Å². The fourth-order valence-electron chi connectivity index (χ4n) is 5.01. The third-order valence-electron chi connectivity index (χ3n) is 6.98. The Bertz CT molecular complexity index is 1200. The number of nitrogens with two attached hydrogens (primary N) is 1. The van der Waals surface area contributed by atoms with E-state index < -0.39 is 0 Å². The molecule has 1 unspecified atom stereocenters. The number of hydrogen-bond donors (Lipinski definition) is 2. The molecule has 2 aliphatic heterocycles. The number of carbonyl (C=O) groups is 2. The molecular formula is C26H31N7O3. The molecule has 1 aromatic carbocycles. The Hall–Kier alpha value is -3.79. The molecule has 0 bridgehead atoms. The summed E-state index contributed by atoms with van der Waals surface area (Å²) in [6.45, 7) is 4.76. The van der Waals surface area contributed by atoms with Crippen LogP contribution in [0.25, 0.3) is 11.4 Å². The molecule has 2 aliphatic rings. The predicted octanol–water partition coefficient (Wildman–Crippen LogP) is 3.13. The van der Waals surface area contributed by atoms with Gasteiger partial charge in [-0.3, -0.25) is 14.5 Å². The van der Waals surface area contributed by atoms with Crippen molar-refractivity contribution in [1.29, 1.82) is 0 Å². The Balaban J connectivity index is 1.22. The Morgan fingerprint density at radius 2 is 1.86 bits per heavy atom. The average Bonchev–Trinajstić information content (AvgIpc) is 3.55. The summed E-state index contributed by atoms with van der Waals surface area (Å²) in [5, 5.41) is 7.02. The minimum absolute atomic E-state index is 0.0449. The molecule has 10 nitrogen and oxygen atoms in total. The maximum absolute atomic E-state index is 11.4. The van der Waals surface area contributed by atoms with Crippen molar-refractivity contribution < 1.29 is 14.1 Å². The van der Waals surface area contributed by atoms with Gasteiger partial charge in [0, 0.05) is 49.9 Å². The highest BCUT2D eigenvalue weighted by Gasteiger charge is 2.31. The van der Waals surface area contributed by atoms with Crippen LogP contribution in [0.1, 0.15) is 50.1 Å². The number of likely N-dealkylation sites (tertiary alicyclic amines) is 1. The van der Waals surface area contributed by atoms with E-state index in [-0.39, 0.29) is 23.8 Å². The number of amides is 2. The van der Waals surface area contributed by atoms with E-state index in [1.54, 1.807) is 6.20 Å². The zero-order valence-electron chi connectivity index (χ0n) is 20.4. The molecule has 4 heterocycles. The minimum Gasteiger partial charge on any atom is -0.369 e. The second-order valence-corrected chi connectivity index (χ2v) is 9.53. The summed E-state index contributed by atoms with van der Waals surface area (Å²) in [4.78, 5) is 36.5. The second-order valence-electron chi connectivity index (χ2n) is 9.53. The van der Waals surface area contributed by atoms with Crippen LogP contribution >= 0.6 is 0 Å². The van der Waals surface area contributed by atoms with E-state index in [0.29, 0.717) is 11.7 Å². The van der Waals surface area contributed by atoms with Gasteiger partial charge in [-0.25, -0.2) is 4.98 Å². The van der Waals surface area contributed by atoms with Crippen molar-refractivity contribution in [3.8, 4) is 11.4 Å². The molecule has 2 aromatic heterocycles. The number of anilines is 2. The van der Waals surface area contributed by atoms with Crippen molar-refractivity contribution in [2.24, 2.45) is 11.7 Å². The number of carbonyl (C=O) groups excluding carboxylic acids is 2. The van der Waals surface area contributed by atoms with Gasteiger partial charge in [-0.05, 0) is 62.1 Å². The molecule has 3 N–H and O–H groups in total. The van der Waals surface area contributed by atoms with Crippen molar-refractivity contribution in [1.82, 2.24) is 20.0 Å². The standard InChI is InChI=1S/C26H31N7O3/c1-17(34)29-21-7-4-18(5-8-21)16-33-12-2-3-22(33)26-30-25(31-36-26)20-6-9-23(28-15-20)32-13-10-19(11-14-32)24(27)35/h4-9,15,19,22H,2-3,10-14,16H2,1H3,(H2,27,35)(H,29,34). The number of hydrogen-bond acceptors (Lipinski definition) is 8. The number of nitrogens with zero attached hydrogens (tertiary/aromatic N) is 5. The third-order valence-corrected chi connectivity index (χ3v) is 6.98. The molecule has 0 saturated carbocycles. The Morgan fingerprint density at radius 1 is 1.08 bits per heavy atom. The van der Waals surface area contributed by atoms with Crippen LogP contribution in [0.15, 0.2) is 47.1 Å². The van der Waals surface area contributed by atoms with Gasteiger partial charge in [-0.2, -0.15) is 4.98 Å². The highest BCUT2D eigenvalue weighted by atomic mass is 16.5. The van der Waals surface area contributed by atoms with Gasteiger partial charge in [0.05, 0.1) is 6.04 Å². The zero-order valence-corrected chi connectivity index (χ0v) is 20.4. The molecule has 10 heteroatoms. The molecule has 188 valence electrons. The van der Waals surface area contributed by atoms with Gasteiger partial charge in [0.25, 0.3) is 0 Å². The van der Waals surface area contributed by atoms with Gasteiger partial charge >= 0.3 is 0 Å². The van der Waals surface area contributed by atoms with Crippen molar-refractivity contribution in [2.45, 2.75) is 45.2 Å². The van der Waals surface area contributed by atoms with E-state index in [0.717, 1.165) is 74.5 Å². The first kappa shape index (κ1) is 23.9. The molecule has 2 saturated heterocycles. The van der Waals surface area contributed by atoms with Gasteiger partial charge in [0.15, 0.2) is 0 Å². The summed E-state index contributed by atoms with van der Waals surface area (Å²) in [7, 11) is 0. The van der Waals surface area contributed by atoms with Gasteiger partial charge in [0.2, 0.25) is 23.5 Å². The summed E-state index contributed by atoms with van der Waals surface area (Å²) in [5.41, 5.74) is 8.20. The van der Waals surface area contributed by atoms with Crippen LogP contribution < -0.4 is 16.0 Å². The first-order valence-corrected chi connectivity index (χ1v) is 12.4. The molecule has 2 fully saturated rings. The largest absolute Gasteiger partial charge is 0.369 e. The molecule has 0 aliphatic carbocycles. The SMILES string of the molecule is CC(=O)Nc1ccc(CN2CCCC2c2nc(-c3ccc(N4CCC(C(N)=O)CC4)nc3)no2)cc1. The van der Waals surface area contributed by atoms with Gasteiger partial charge < -0.3 is 20.5 Å². The first-order chi connectivity index (χ1) is 17.5. The summed E-state index contributed by atoms with van der Waals surface area (Å²) in [6, 6.07) is 11.9. The third kappa shape index (κ3) is 5.38. The molecule has 36 heavy (non-hydrogen) atoms. The van der Waals surface area contributed by atoms with Gasteiger partial charge in [-0.15, -0.1) is 0 Å². The number of aromatic nitrogens is 3. The Morgan fingerprint density at radius 3 is 2.53 bits per heavy atom. The fourth-order valence-corrected chi connectivity index (χ4v) is 5.01. The number of nitrogens with one attached hydrogen (secondary N) is 1. The Kier molecular flexibility index (Phi) is 6.95. The smallest absolute Gasteiger partial charge is 0.244 e. The molecule has 2 amide bonds. The van der Waals surface area contributed by atoms with Crippen LogP contribution in [-0.2, 0) is 16.1 Å². The monoisotopic (exact) mass is 489 g/mol. The van der Waals surface area contributed by atoms with Gasteiger partial charge in [0.1, 0.15) is 5.82 Å². The molecule has 0 spiro atoms. The lowest BCUT2D eigenvalue weighted by atomic mass is 9.96. The fraction of sp³-hybridized carbons (Fsp3) is 0.423. The highest BCUT2D eigenvalue weighted by molar-refractivity contribution is 5.88. The van der Waals surface area contributed by atoms with Crippen molar-refractivity contribution >= 4 is 23.3 Å². The van der Waals surface area contributed by atoms with Crippen LogP contribution in [0.5, 0.6) is 0 Å². The van der Waals surface area contributed by atoms with E-state index in [1.807, 2.05) is 36.4 Å². The molecule has 3 aromatic rings. The molecule has 0 radical (unpaired) electrons. The summed E-state index contributed by atoms with van der Waals surface area (Å²) < 4.78 is 5.68. The maximum atomic E-state index is 11.4. The number of primary amides is 1. The molecular weight excluding hydrogens is 458 g/mol. The van der Waals surface area contributed by atoms with Crippen molar-refractivity contribution in [3.05, 3.63) is 54.0 Å². The lowest BCUT2D eigenvalue weighted by Gasteiger charge is -2.31. The Labute approximate surface area is 209 Å². The second kappa shape index (κ2) is 10.4. The normalized spacial score (nSPS) is 18.9. The molecule has 5 rings (SSSR count).